The number of aliphatic imine (C=N–C) groups is 1. The predicted molar refractivity (Wildman–Crippen MR) is 105 cm³/mol. The van der Waals surface area contributed by atoms with Gasteiger partial charge in [0.25, 0.3) is 0 Å². The predicted octanol–water partition coefficient (Wildman–Crippen LogP) is 3.26. The molecule has 6 nitrogen and oxygen atoms in total. The van der Waals surface area contributed by atoms with Crippen LogP contribution in [-0.4, -0.2) is 39.2 Å². The van der Waals surface area contributed by atoms with Crippen LogP contribution in [0.3, 0.4) is 0 Å². The van der Waals surface area contributed by atoms with Gasteiger partial charge in [-0.3, -0.25) is 0 Å². The lowest BCUT2D eigenvalue weighted by molar-refractivity contribution is 0.475. The highest BCUT2D eigenvalue weighted by molar-refractivity contribution is 6.30. The topological polar surface area (TPSA) is 58.3 Å². The highest BCUT2D eigenvalue weighted by atomic mass is 35.5. The average molecular weight is 375 g/mol. The molecule has 7 heteroatoms. The SMILES string of the molecule is CCNC(=NCc1nnc2n1CCCCC2)N(C)Cc1cccc(Cl)c1. The third-order valence-corrected chi connectivity index (χ3v) is 4.80. The average Bonchev–Trinajstić information content (AvgIpc) is 2.85. The van der Waals surface area contributed by atoms with Crippen LogP contribution in [0, 0.1) is 0 Å². The number of fused-ring (bicyclic) bond motifs is 1. The molecule has 0 atom stereocenters. The van der Waals surface area contributed by atoms with Crippen molar-refractivity contribution in [2.75, 3.05) is 13.6 Å². The van der Waals surface area contributed by atoms with Gasteiger partial charge in [0.05, 0.1) is 0 Å². The minimum atomic E-state index is 0.537. The van der Waals surface area contributed by atoms with Gasteiger partial charge in [0.2, 0.25) is 0 Å². The third-order valence-electron chi connectivity index (χ3n) is 4.56. The molecule has 140 valence electrons. The van der Waals surface area contributed by atoms with Gasteiger partial charge in [0, 0.05) is 38.1 Å². The molecule has 0 radical (unpaired) electrons. The fourth-order valence-electron chi connectivity index (χ4n) is 3.26. The van der Waals surface area contributed by atoms with Gasteiger partial charge in [-0.05, 0) is 37.5 Å². The van der Waals surface area contributed by atoms with E-state index in [9.17, 15) is 0 Å². The molecule has 1 aliphatic rings. The van der Waals surface area contributed by atoms with Crippen molar-refractivity contribution in [2.45, 2.75) is 52.2 Å². The second kappa shape index (κ2) is 9.03. The normalized spacial score (nSPS) is 14.7. The Bertz CT molecular complexity index is 754. The van der Waals surface area contributed by atoms with E-state index in [0.29, 0.717) is 6.54 Å². The van der Waals surface area contributed by atoms with Crippen LogP contribution in [-0.2, 0) is 26.1 Å². The first-order chi connectivity index (χ1) is 12.7. The van der Waals surface area contributed by atoms with Crippen LogP contribution >= 0.6 is 11.6 Å². The minimum absolute atomic E-state index is 0.537. The van der Waals surface area contributed by atoms with E-state index in [1.165, 1.54) is 19.3 Å². The third kappa shape index (κ3) is 4.75. The first kappa shape index (κ1) is 18.7. The first-order valence-corrected chi connectivity index (χ1v) is 9.70. The Morgan fingerprint density at radius 2 is 2.19 bits per heavy atom. The molecule has 0 saturated heterocycles. The van der Waals surface area contributed by atoms with Crippen molar-refractivity contribution in [3.63, 3.8) is 0 Å². The molecule has 1 aromatic carbocycles. The Morgan fingerprint density at radius 1 is 1.31 bits per heavy atom. The van der Waals surface area contributed by atoms with E-state index in [-0.39, 0.29) is 0 Å². The van der Waals surface area contributed by atoms with Crippen LogP contribution in [0.4, 0.5) is 0 Å². The monoisotopic (exact) mass is 374 g/mol. The van der Waals surface area contributed by atoms with Gasteiger partial charge in [-0.1, -0.05) is 30.2 Å². The maximum Gasteiger partial charge on any atom is 0.194 e. The van der Waals surface area contributed by atoms with Crippen LogP contribution in [0.2, 0.25) is 5.02 Å². The molecule has 0 aliphatic carbocycles. The zero-order valence-corrected chi connectivity index (χ0v) is 16.3. The largest absolute Gasteiger partial charge is 0.357 e. The van der Waals surface area contributed by atoms with E-state index < -0.39 is 0 Å². The van der Waals surface area contributed by atoms with E-state index in [0.717, 1.165) is 54.2 Å². The number of rotatable bonds is 5. The molecule has 3 rings (SSSR count). The number of hydrogen-bond donors (Lipinski definition) is 1. The number of nitrogens with one attached hydrogen (secondary N) is 1. The molecule has 0 amide bonds. The van der Waals surface area contributed by atoms with E-state index in [4.69, 9.17) is 16.6 Å². The highest BCUT2D eigenvalue weighted by Crippen LogP contribution is 2.15. The fraction of sp³-hybridized carbons (Fsp3) is 0.526. The number of nitrogens with zero attached hydrogens (tertiary/aromatic N) is 5. The molecule has 0 bridgehead atoms. The molecule has 2 aromatic rings. The Balaban J connectivity index is 1.71. The van der Waals surface area contributed by atoms with Gasteiger partial charge in [-0.2, -0.15) is 0 Å². The Kier molecular flexibility index (Phi) is 6.50. The summed E-state index contributed by atoms with van der Waals surface area (Å²) in [6.07, 6.45) is 4.67. The minimum Gasteiger partial charge on any atom is -0.357 e. The van der Waals surface area contributed by atoms with Crippen molar-refractivity contribution < 1.29 is 0 Å². The van der Waals surface area contributed by atoms with Gasteiger partial charge in [-0.25, -0.2) is 4.99 Å². The van der Waals surface area contributed by atoms with E-state index in [1.54, 1.807) is 0 Å². The van der Waals surface area contributed by atoms with E-state index in [2.05, 4.69) is 38.0 Å². The van der Waals surface area contributed by atoms with Gasteiger partial charge in [-0.15, -0.1) is 10.2 Å². The summed E-state index contributed by atoms with van der Waals surface area (Å²) >= 11 is 6.10. The molecule has 1 N–H and O–H groups in total. The van der Waals surface area contributed by atoms with Crippen LogP contribution in [0.25, 0.3) is 0 Å². The van der Waals surface area contributed by atoms with Crippen molar-refractivity contribution in [3.05, 3.63) is 46.5 Å². The molecule has 0 fully saturated rings. The van der Waals surface area contributed by atoms with Gasteiger partial charge in [0.1, 0.15) is 12.4 Å². The maximum atomic E-state index is 6.10. The smallest absolute Gasteiger partial charge is 0.194 e. The molecular formula is C19H27ClN6. The lowest BCUT2D eigenvalue weighted by Crippen LogP contribution is -2.38. The van der Waals surface area contributed by atoms with Crippen LogP contribution in [0.5, 0.6) is 0 Å². The van der Waals surface area contributed by atoms with Crippen molar-refractivity contribution in [3.8, 4) is 0 Å². The summed E-state index contributed by atoms with van der Waals surface area (Å²) < 4.78 is 2.25. The Morgan fingerprint density at radius 3 is 3.00 bits per heavy atom. The summed E-state index contributed by atoms with van der Waals surface area (Å²) in [4.78, 5) is 6.89. The number of halogens is 1. The molecule has 26 heavy (non-hydrogen) atoms. The van der Waals surface area contributed by atoms with Crippen LogP contribution in [0.1, 0.15) is 43.4 Å². The standard InChI is InChI=1S/C19H27ClN6/c1-3-21-19(25(2)14-15-8-7-9-16(20)12-15)22-13-18-24-23-17-10-5-4-6-11-26(17)18/h7-9,12H,3-6,10-11,13-14H2,1-2H3,(H,21,22). The number of aryl methyl sites for hydroxylation is 1. The quantitative estimate of drug-likeness (QED) is 0.644. The van der Waals surface area contributed by atoms with Crippen molar-refractivity contribution >= 4 is 17.6 Å². The summed E-state index contributed by atoms with van der Waals surface area (Å²) in [7, 11) is 2.03. The Labute approximate surface area is 160 Å². The summed E-state index contributed by atoms with van der Waals surface area (Å²) in [5, 5.41) is 12.8. The lowest BCUT2D eigenvalue weighted by atomic mass is 10.2. The summed E-state index contributed by atoms with van der Waals surface area (Å²) in [6, 6.07) is 7.92. The second-order valence-electron chi connectivity index (χ2n) is 6.65. The molecular weight excluding hydrogens is 348 g/mol. The van der Waals surface area contributed by atoms with Gasteiger partial charge >= 0.3 is 0 Å². The zero-order valence-electron chi connectivity index (χ0n) is 15.6. The molecule has 0 unspecified atom stereocenters. The molecule has 0 spiro atoms. The van der Waals surface area contributed by atoms with E-state index >= 15 is 0 Å². The second-order valence-corrected chi connectivity index (χ2v) is 7.09. The number of hydrogen-bond acceptors (Lipinski definition) is 3. The first-order valence-electron chi connectivity index (χ1n) is 9.32. The van der Waals surface area contributed by atoms with Crippen LogP contribution < -0.4 is 5.32 Å². The van der Waals surface area contributed by atoms with Crippen molar-refractivity contribution in [2.24, 2.45) is 4.99 Å². The fourth-order valence-corrected chi connectivity index (χ4v) is 3.47. The number of benzene rings is 1. The number of guanidine groups is 1. The Hall–Kier alpha value is -2.08. The number of aromatic nitrogens is 3. The zero-order chi connectivity index (χ0) is 18.4. The maximum absolute atomic E-state index is 6.10. The van der Waals surface area contributed by atoms with E-state index in [1.807, 2.05) is 25.2 Å². The molecule has 1 aromatic heterocycles. The van der Waals surface area contributed by atoms with Crippen molar-refractivity contribution in [1.29, 1.82) is 0 Å². The van der Waals surface area contributed by atoms with Crippen molar-refractivity contribution in [1.82, 2.24) is 25.0 Å². The highest BCUT2D eigenvalue weighted by Gasteiger charge is 2.15. The summed E-state index contributed by atoms with van der Waals surface area (Å²) in [5.74, 6) is 2.91. The van der Waals surface area contributed by atoms with Gasteiger partial charge < -0.3 is 14.8 Å². The van der Waals surface area contributed by atoms with Gasteiger partial charge in [0.15, 0.2) is 11.8 Å². The van der Waals surface area contributed by atoms with Crippen LogP contribution in [0.15, 0.2) is 29.3 Å². The molecule has 0 saturated carbocycles. The molecule has 1 aliphatic heterocycles. The summed E-state index contributed by atoms with van der Waals surface area (Å²) in [5.41, 5.74) is 1.15. The molecule has 2 heterocycles. The summed E-state index contributed by atoms with van der Waals surface area (Å²) in [6.45, 7) is 5.17. The lowest BCUT2D eigenvalue weighted by Gasteiger charge is -2.22.